The number of ether oxygens (including phenoxy) is 1. The van der Waals surface area contributed by atoms with Crippen LogP contribution in [0.5, 0.6) is 5.88 Å². The monoisotopic (exact) mass is 191 g/mol. The Kier molecular flexibility index (Phi) is 2.23. The highest BCUT2D eigenvalue weighted by Crippen LogP contribution is 2.41. The molecule has 0 aliphatic heterocycles. The summed E-state index contributed by atoms with van der Waals surface area (Å²) >= 11 is 0. The van der Waals surface area contributed by atoms with Crippen LogP contribution in [0.2, 0.25) is 0 Å². The Labute approximate surface area is 83.1 Å². The van der Waals surface area contributed by atoms with Gasteiger partial charge in [-0.3, -0.25) is 4.79 Å². The lowest BCUT2D eigenvalue weighted by Crippen LogP contribution is -2.02. The van der Waals surface area contributed by atoms with Crippen molar-refractivity contribution in [3.8, 4) is 5.88 Å². The van der Waals surface area contributed by atoms with Gasteiger partial charge in [-0.05, 0) is 25.8 Å². The van der Waals surface area contributed by atoms with Crippen LogP contribution in [0.4, 0.5) is 0 Å². The third kappa shape index (κ3) is 1.62. The third-order valence-corrected chi connectivity index (χ3v) is 2.45. The Hall–Kier alpha value is -1.38. The van der Waals surface area contributed by atoms with Crippen molar-refractivity contribution in [3.63, 3.8) is 0 Å². The lowest BCUT2D eigenvalue weighted by atomic mass is 10.1. The van der Waals surface area contributed by atoms with E-state index in [1.807, 2.05) is 6.07 Å². The van der Waals surface area contributed by atoms with Crippen molar-refractivity contribution in [2.75, 3.05) is 7.11 Å². The molecule has 3 nitrogen and oxygen atoms in total. The normalized spacial score (nSPS) is 15.3. The molecule has 0 amide bonds. The molecule has 3 heteroatoms. The van der Waals surface area contributed by atoms with E-state index >= 15 is 0 Å². The van der Waals surface area contributed by atoms with E-state index in [2.05, 4.69) is 4.98 Å². The predicted molar refractivity (Wildman–Crippen MR) is 52.8 cm³/mol. The number of hydrogen-bond donors (Lipinski definition) is 0. The number of Topliss-reactive ketones (excluding diaryl/α,β-unsaturated/α-hetero) is 1. The minimum atomic E-state index is 0.0852. The van der Waals surface area contributed by atoms with Gasteiger partial charge in [-0.15, -0.1) is 0 Å². The van der Waals surface area contributed by atoms with E-state index in [1.165, 1.54) is 0 Å². The van der Waals surface area contributed by atoms with Gasteiger partial charge in [0, 0.05) is 17.5 Å². The van der Waals surface area contributed by atoms with E-state index in [9.17, 15) is 4.79 Å². The molecule has 0 aromatic carbocycles. The molecule has 1 aromatic heterocycles. The van der Waals surface area contributed by atoms with Gasteiger partial charge in [-0.2, -0.15) is 0 Å². The molecule has 0 atom stereocenters. The highest BCUT2D eigenvalue weighted by Gasteiger charge is 2.29. The van der Waals surface area contributed by atoms with Crippen molar-refractivity contribution in [2.45, 2.75) is 25.7 Å². The summed E-state index contributed by atoms with van der Waals surface area (Å²) in [7, 11) is 1.59. The van der Waals surface area contributed by atoms with E-state index in [1.54, 1.807) is 20.1 Å². The molecule has 14 heavy (non-hydrogen) atoms. The molecular formula is C11H13NO2. The molecule has 0 saturated heterocycles. The van der Waals surface area contributed by atoms with E-state index in [0.29, 0.717) is 11.8 Å². The first kappa shape index (κ1) is 9.19. The Morgan fingerprint density at radius 3 is 2.71 bits per heavy atom. The summed E-state index contributed by atoms with van der Waals surface area (Å²) in [6, 6.07) is 3.55. The molecule has 1 aromatic rings. The second-order valence-corrected chi connectivity index (χ2v) is 3.62. The Morgan fingerprint density at radius 2 is 2.21 bits per heavy atom. The van der Waals surface area contributed by atoms with Crippen LogP contribution in [0.25, 0.3) is 0 Å². The Bertz CT molecular complexity index is 370. The molecule has 1 aliphatic rings. The number of ketones is 1. The smallest absolute Gasteiger partial charge is 0.213 e. The molecule has 1 aliphatic carbocycles. The fourth-order valence-electron chi connectivity index (χ4n) is 1.54. The first-order valence-electron chi connectivity index (χ1n) is 4.78. The molecule has 2 rings (SSSR count). The average molecular weight is 191 g/mol. The van der Waals surface area contributed by atoms with Crippen LogP contribution in [0.1, 0.15) is 41.7 Å². The third-order valence-electron chi connectivity index (χ3n) is 2.45. The maximum atomic E-state index is 11.3. The number of carbonyl (C=O) groups excluding carboxylic acids is 1. The van der Waals surface area contributed by atoms with Crippen LogP contribution < -0.4 is 4.74 Å². The summed E-state index contributed by atoms with van der Waals surface area (Å²) in [4.78, 5) is 15.6. The lowest BCUT2D eigenvalue weighted by Gasteiger charge is -2.06. The molecule has 0 unspecified atom stereocenters. The number of pyridine rings is 1. The van der Waals surface area contributed by atoms with E-state index < -0.39 is 0 Å². The number of aromatic nitrogens is 1. The van der Waals surface area contributed by atoms with E-state index in [0.717, 1.165) is 24.1 Å². The molecule has 1 fully saturated rings. The molecule has 0 N–H and O–H groups in total. The molecule has 0 radical (unpaired) electrons. The number of rotatable bonds is 3. The predicted octanol–water partition coefficient (Wildman–Crippen LogP) is 2.17. The number of methoxy groups -OCH3 is 1. The fraction of sp³-hybridized carbons (Fsp3) is 0.455. The van der Waals surface area contributed by atoms with Gasteiger partial charge in [-0.1, -0.05) is 0 Å². The van der Waals surface area contributed by atoms with Crippen molar-refractivity contribution >= 4 is 5.78 Å². The van der Waals surface area contributed by atoms with Crippen molar-refractivity contribution in [3.05, 3.63) is 23.4 Å². The van der Waals surface area contributed by atoms with Crippen molar-refractivity contribution in [2.24, 2.45) is 0 Å². The van der Waals surface area contributed by atoms with E-state index in [-0.39, 0.29) is 5.78 Å². The summed E-state index contributed by atoms with van der Waals surface area (Å²) in [5, 5.41) is 0. The van der Waals surface area contributed by atoms with Gasteiger partial charge < -0.3 is 4.74 Å². The van der Waals surface area contributed by atoms with Gasteiger partial charge in [0.1, 0.15) is 0 Å². The molecule has 1 saturated carbocycles. The SMILES string of the molecule is COc1ccc(C(C)=O)c(C2CC2)n1. The molecule has 74 valence electrons. The molecule has 0 spiro atoms. The second kappa shape index (κ2) is 3.40. The van der Waals surface area contributed by atoms with Crippen LogP contribution in [0.15, 0.2) is 12.1 Å². The first-order chi connectivity index (χ1) is 6.72. The first-order valence-corrected chi connectivity index (χ1v) is 4.78. The highest BCUT2D eigenvalue weighted by molar-refractivity contribution is 5.95. The maximum Gasteiger partial charge on any atom is 0.213 e. The Morgan fingerprint density at radius 1 is 1.50 bits per heavy atom. The standard InChI is InChI=1S/C11H13NO2/c1-7(13)9-5-6-10(14-2)12-11(9)8-3-4-8/h5-6,8H,3-4H2,1-2H3. The Balaban J connectivity index is 2.43. The number of nitrogens with zero attached hydrogens (tertiary/aromatic N) is 1. The largest absolute Gasteiger partial charge is 0.481 e. The maximum absolute atomic E-state index is 11.3. The minimum Gasteiger partial charge on any atom is -0.481 e. The number of hydrogen-bond acceptors (Lipinski definition) is 3. The van der Waals surface area contributed by atoms with Crippen LogP contribution in [0.3, 0.4) is 0 Å². The highest BCUT2D eigenvalue weighted by atomic mass is 16.5. The van der Waals surface area contributed by atoms with Crippen LogP contribution in [-0.4, -0.2) is 17.9 Å². The lowest BCUT2D eigenvalue weighted by molar-refractivity contribution is 0.101. The summed E-state index contributed by atoms with van der Waals surface area (Å²) in [5.41, 5.74) is 1.66. The van der Waals surface area contributed by atoms with Gasteiger partial charge >= 0.3 is 0 Å². The summed E-state index contributed by atoms with van der Waals surface area (Å²) in [5.74, 6) is 1.16. The summed E-state index contributed by atoms with van der Waals surface area (Å²) in [6.07, 6.45) is 2.28. The topological polar surface area (TPSA) is 39.2 Å². The van der Waals surface area contributed by atoms with Crippen molar-refractivity contribution in [1.82, 2.24) is 4.98 Å². The summed E-state index contributed by atoms with van der Waals surface area (Å²) in [6.45, 7) is 1.58. The fourth-order valence-corrected chi connectivity index (χ4v) is 1.54. The molecule has 0 bridgehead atoms. The van der Waals surface area contributed by atoms with E-state index in [4.69, 9.17) is 4.74 Å². The van der Waals surface area contributed by atoms with Gasteiger partial charge in [0.15, 0.2) is 5.78 Å². The minimum absolute atomic E-state index is 0.0852. The van der Waals surface area contributed by atoms with Crippen LogP contribution in [0, 0.1) is 0 Å². The zero-order chi connectivity index (χ0) is 10.1. The quantitative estimate of drug-likeness (QED) is 0.687. The zero-order valence-electron chi connectivity index (χ0n) is 8.41. The zero-order valence-corrected chi connectivity index (χ0v) is 8.41. The molecular weight excluding hydrogens is 178 g/mol. The average Bonchev–Trinajstić information content (AvgIpc) is 3.00. The van der Waals surface area contributed by atoms with Gasteiger partial charge in [0.2, 0.25) is 5.88 Å². The number of carbonyl (C=O) groups is 1. The van der Waals surface area contributed by atoms with Gasteiger partial charge in [-0.25, -0.2) is 4.98 Å². The van der Waals surface area contributed by atoms with Crippen molar-refractivity contribution < 1.29 is 9.53 Å². The van der Waals surface area contributed by atoms with Gasteiger partial charge in [0.25, 0.3) is 0 Å². The summed E-state index contributed by atoms with van der Waals surface area (Å²) < 4.78 is 5.05. The second-order valence-electron chi connectivity index (χ2n) is 3.62. The van der Waals surface area contributed by atoms with Crippen LogP contribution >= 0.6 is 0 Å². The van der Waals surface area contributed by atoms with Crippen LogP contribution in [-0.2, 0) is 0 Å². The molecule has 1 heterocycles. The van der Waals surface area contributed by atoms with Gasteiger partial charge in [0.05, 0.1) is 12.8 Å². The van der Waals surface area contributed by atoms with Crippen molar-refractivity contribution in [1.29, 1.82) is 0 Å².